The summed E-state index contributed by atoms with van der Waals surface area (Å²) in [6.45, 7) is 2.49. The molecule has 0 aliphatic carbocycles. The molecule has 4 heteroatoms. The Morgan fingerprint density at radius 1 is 1.71 bits per heavy atom. The average Bonchev–Trinajstić information content (AvgIpc) is 1.36. The van der Waals surface area contributed by atoms with Crippen LogP contribution in [0.25, 0.3) is 0 Å². The Morgan fingerprint density at radius 3 is 1.86 bits per heavy atom. The molecule has 0 saturated carbocycles. The fourth-order valence-corrected chi connectivity index (χ4v) is 0. The Hall–Kier alpha value is -0.930. The molecule has 0 heterocycles. The Kier molecular flexibility index (Phi) is 4.40. The van der Waals surface area contributed by atoms with Crippen molar-refractivity contribution in [3.05, 3.63) is 12.4 Å². The van der Waals surface area contributed by atoms with Crippen molar-refractivity contribution in [2.24, 2.45) is 0 Å². The lowest BCUT2D eigenvalue weighted by molar-refractivity contribution is -0.134. The highest BCUT2D eigenvalue weighted by Crippen LogP contribution is 1.86. The summed E-state index contributed by atoms with van der Waals surface area (Å²) in [7, 11) is 0. The largest absolute Gasteiger partial charge is 0.476 e. The molecular weight excluding hydrogens is 106 g/mol. The van der Waals surface area contributed by atoms with Crippen LogP contribution in [0.4, 0.5) is 9.09 Å². The van der Waals surface area contributed by atoms with Crippen LogP contribution in [0.5, 0.6) is 0 Å². The van der Waals surface area contributed by atoms with E-state index in [-0.39, 0.29) is 4.70 Å². The predicted molar refractivity (Wildman–Crippen MR) is 20.4 cm³/mol. The molecule has 0 bridgehead atoms. The molecular formula is C3H4F2O2. The van der Waals surface area contributed by atoms with Crippen molar-refractivity contribution < 1.29 is 19.0 Å². The van der Waals surface area contributed by atoms with E-state index in [1.807, 2.05) is 0 Å². The molecule has 42 valence electrons. The maximum absolute atomic E-state index is 11.0. The summed E-state index contributed by atoms with van der Waals surface area (Å²) in [5.41, 5.74) is 0. The van der Waals surface area contributed by atoms with Gasteiger partial charge >= 0.3 is 5.97 Å². The third-order valence-electron chi connectivity index (χ3n) is 0.232. The average molecular weight is 110 g/mol. The SMILES string of the molecule is C=C(F)C(=O)O.F. The summed E-state index contributed by atoms with van der Waals surface area (Å²) in [6.07, 6.45) is 0. The van der Waals surface area contributed by atoms with Gasteiger partial charge in [0.2, 0.25) is 5.83 Å². The minimum atomic E-state index is -1.60. The van der Waals surface area contributed by atoms with Gasteiger partial charge in [-0.1, -0.05) is 6.58 Å². The van der Waals surface area contributed by atoms with Crippen LogP contribution < -0.4 is 0 Å². The van der Waals surface area contributed by atoms with E-state index >= 15 is 0 Å². The highest BCUT2D eigenvalue weighted by atomic mass is 19.1. The van der Waals surface area contributed by atoms with Gasteiger partial charge in [-0.25, -0.2) is 4.79 Å². The van der Waals surface area contributed by atoms with Gasteiger partial charge in [0.05, 0.1) is 0 Å². The lowest BCUT2D eigenvalue weighted by Crippen LogP contribution is -1.90. The minimum absolute atomic E-state index is 0. The second-order valence-electron chi connectivity index (χ2n) is 0.710. The van der Waals surface area contributed by atoms with Gasteiger partial charge < -0.3 is 5.11 Å². The predicted octanol–water partition coefficient (Wildman–Crippen LogP) is 0.707. The van der Waals surface area contributed by atoms with Crippen LogP contribution in [0.15, 0.2) is 12.4 Å². The summed E-state index contributed by atoms with van der Waals surface area (Å²) in [5.74, 6) is -2.93. The first-order valence-corrected chi connectivity index (χ1v) is 1.22. The van der Waals surface area contributed by atoms with Crippen molar-refractivity contribution in [3.8, 4) is 0 Å². The van der Waals surface area contributed by atoms with Crippen LogP contribution in [0, 0.1) is 0 Å². The number of hydrogen-bond donors (Lipinski definition) is 1. The zero-order valence-corrected chi connectivity index (χ0v) is 3.35. The van der Waals surface area contributed by atoms with E-state index in [1.165, 1.54) is 0 Å². The maximum Gasteiger partial charge on any atom is 0.364 e. The molecule has 1 N–H and O–H groups in total. The van der Waals surface area contributed by atoms with Crippen molar-refractivity contribution in [1.29, 1.82) is 0 Å². The van der Waals surface area contributed by atoms with E-state index in [9.17, 15) is 9.18 Å². The second-order valence-corrected chi connectivity index (χ2v) is 0.710. The first-order valence-electron chi connectivity index (χ1n) is 1.22. The summed E-state index contributed by atoms with van der Waals surface area (Å²) in [4.78, 5) is 9.22. The smallest absolute Gasteiger partial charge is 0.364 e. The van der Waals surface area contributed by atoms with Gasteiger partial charge in [0.1, 0.15) is 0 Å². The Morgan fingerprint density at radius 2 is 1.86 bits per heavy atom. The highest BCUT2D eigenvalue weighted by Gasteiger charge is 1.96. The summed E-state index contributed by atoms with van der Waals surface area (Å²) in [5, 5.41) is 7.52. The molecule has 0 aliphatic heterocycles. The zero-order valence-electron chi connectivity index (χ0n) is 3.35. The molecule has 0 saturated heterocycles. The van der Waals surface area contributed by atoms with Crippen LogP contribution in [-0.2, 0) is 4.79 Å². The first-order chi connectivity index (χ1) is 2.64. The monoisotopic (exact) mass is 110 g/mol. The van der Waals surface area contributed by atoms with Gasteiger partial charge in [-0.2, -0.15) is 4.39 Å². The third-order valence-corrected chi connectivity index (χ3v) is 0.232. The van der Waals surface area contributed by atoms with Gasteiger partial charge in [0.25, 0.3) is 0 Å². The van der Waals surface area contributed by atoms with Crippen molar-refractivity contribution in [2.45, 2.75) is 0 Å². The van der Waals surface area contributed by atoms with Crippen LogP contribution >= 0.6 is 0 Å². The third kappa shape index (κ3) is 5.07. The number of rotatable bonds is 1. The van der Waals surface area contributed by atoms with Crippen LogP contribution in [0.3, 0.4) is 0 Å². The zero-order chi connectivity index (χ0) is 5.15. The highest BCUT2D eigenvalue weighted by molar-refractivity contribution is 5.82. The van der Waals surface area contributed by atoms with Crippen LogP contribution in [0.2, 0.25) is 0 Å². The van der Waals surface area contributed by atoms with Crippen LogP contribution in [-0.4, -0.2) is 11.1 Å². The summed E-state index contributed by atoms with van der Waals surface area (Å²) in [6, 6.07) is 0. The van der Waals surface area contributed by atoms with Gasteiger partial charge in [-0.15, -0.1) is 0 Å². The molecule has 0 fully saturated rings. The first kappa shape index (κ1) is 9.42. The molecule has 0 atom stereocenters. The molecule has 0 unspecified atom stereocenters. The molecule has 0 amide bonds. The lowest BCUT2D eigenvalue weighted by Gasteiger charge is -1.75. The van der Waals surface area contributed by atoms with E-state index < -0.39 is 11.8 Å². The number of halogens is 2. The minimum Gasteiger partial charge on any atom is -0.476 e. The normalized spacial score (nSPS) is 6.43. The molecule has 0 aromatic heterocycles. The molecule has 0 radical (unpaired) electrons. The van der Waals surface area contributed by atoms with Crippen molar-refractivity contribution in [2.75, 3.05) is 0 Å². The van der Waals surface area contributed by atoms with Gasteiger partial charge in [-0.3, -0.25) is 4.70 Å². The van der Waals surface area contributed by atoms with E-state index in [1.54, 1.807) is 0 Å². The fourth-order valence-electron chi connectivity index (χ4n) is 0. The number of hydrogen-bond acceptors (Lipinski definition) is 1. The Balaban J connectivity index is 0. The van der Waals surface area contributed by atoms with Crippen molar-refractivity contribution in [1.82, 2.24) is 0 Å². The van der Waals surface area contributed by atoms with Gasteiger partial charge in [0.15, 0.2) is 0 Å². The Bertz CT molecular complexity index is 76.9. The van der Waals surface area contributed by atoms with E-state index in [4.69, 9.17) is 5.11 Å². The summed E-state index contributed by atoms with van der Waals surface area (Å²) >= 11 is 0. The van der Waals surface area contributed by atoms with Gasteiger partial charge in [-0.05, 0) is 0 Å². The molecule has 7 heavy (non-hydrogen) atoms. The second kappa shape index (κ2) is 3.27. The number of carboxylic acid groups (broad SMARTS) is 1. The van der Waals surface area contributed by atoms with Gasteiger partial charge in [0, 0.05) is 0 Å². The number of aliphatic carboxylic acids is 1. The van der Waals surface area contributed by atoms with Crippen LogP contribution in [0.1, 0.15) is 0 Å². The molecule has 0 aromatic rings. The van der Waals surface area contributed by atoms with Crippen molar-refractivity contribution in [3.63, 3.8) is 0 Å². The topological polar surface area (TPSA) is 37.3 Å². The maximum atomic E-state index is 11.0. The molecule has 0 aromatic carbocycles. The molecule has 2 nitrogen and oxygen atoms in total. The fraction of sp³-hybridized carbons (Fsp3) is 0. The Labute approximate surface area is 38.6 Å². The molecule has 0 spiro atoms. The number of carbonyl (C=O) groups is 1. The quantitative estimate of drug-likeness (QED) is 0.504. The standard InChI is InChI=1S/C3H3FO2.FH/c1-2(4)3(5)6;/h1H2,(H,5,6);1H. The number of carboxylic acids is 1. The summed E-state index contributed by atoms with van der Waals surface area (Å²) < 4.78 is 11.0. The molecule has 0 rings (SSSR count). The van der Waals surface area contributed by atoms with E-state index in [0.29, 0.717) is 0 Å². The van der Waals surface area contributed by atoms with Crippen molar-refractivity contribution >= 4 is 5.97 Å². The molecule has 0 aliphatic rings. The lowest BCUT2D eigenvalue weighted by atomic mass is 10.6. The van der Waals surface area contributed by atoms with E-state index in [0.717, 1.165) is 0 Å². The van der Waals surface area contributed by atoms with E-state index in [2.05, 4.69) is 6.58 Å².